The van der Waals surface area contributed by atoms with E-state index in [-0.39, 0.29) is 0 Å². The fourth-order valence-corrected chi connectivity index (χ4v) is 2.62. The van der Waals surface area contributed by atoms with E-state index in [9.17, 15) is 0 Å². The van der Waals surface area contributed by atoms with Gasteiger partial charge in [0, 0.05) is 31.7 Å². The normalized spacial score (nSPS) is 25.4. The average Bonchev–Trinajstić information content (AvgIpc) is 2.62. The van der Waals surface area contributed by atoms with Crippen LogP contribution in [0.15, 0.2) is 0 Å². The fraction of sp³-hybridized carbons (Fsp3) is 1.00. The molecule has 102 valence electrons. The van der Waals surface area contributed by atoms with E-state index in [1.165, 1.54) is 12.8 Å². The first-order valence-electron chi connectivity index (χ1n) is 7.12. The van der Waals surface area contributed by atoms with E-state index in [1.807, 2.05) is 0 Å². The van der Waals surface area contributed by atoms with Crippen molar-refractivity contribution in [3.8, 4) is 0 Å². The first kappa shape index (κ1) is 14.9. The summed E-state index contributed by atoms with van der Waals surface area (Å²) < 4.78 is 5.79. The minimum Gasteiger partial charge on any atom is -0.374 e. The van der Waals surface area contributed by atoms with Gasteiger partial charge in [0.05, 0.1) is 12.2 Å². The van der Waals surface area contributed by atoms with E-state index >= 15 is 0 Å². The largest absolute Gasteiger partial charge is 0.374 e. The Kier molecular flexibility index (Phi) is 6.45. The van der Waals surface area contributed by atoms with Gasteiger partial charge in [0.2, 0.25) is 0 Å². The molecule has 0 amide bonds. The van der Waals surface area contributed by atoms with Crippen molar-refractivity contribution in [2.75, 3.05) is 19.6 Å². The molecule has 1 rings (SSSR count). The second-order valence-electron chi connectivity index (χ2n) is 5.78. The highest BCUT2D eigenvalue weighted by molar-refractivity contribution is 4.73. The van der Waals surface area contributed by atoms with Gasteiger partial charge < -0.3 is 10.1 Å². The Balaban J connectivity index is 2.10. The van der Waals surface area contributed by atoms with Crippen LogP contribution in [0.25, 0.3) is 0 Å². The maximum Gasteiger partial charge on any atom is 0.0704 e. The van der Waals surface area contributed by atoms with E-state index in [1.54, 1.807) is 0 Å². The van der Waals surface area contributed by atoms with E-state index in [0.29, 0.717) is 24.3 Å². The maximum absolute atomic E-state index is 5.79. The topological polar surface area (TPSA) is 24.5 Å². The molecule has 0 aromatic heterocycles. The maximum atomic E-state index is 5.79. The van der Waals surface area contributed by atoms with Crippen LogP contribution >= 0.6 is 0 Å². The molecule has 1 N–H and O–H groups in total. The highest BCUT2D eigenvalue weighted by Crippen LogP contribution is 2.17. The molecule has 17 heavy (non-hydrogen) atoms. The lowest BCUT2D eigenvalue weighted by Gasteiger charge is -2.30. The number of nitrogens with zero attached hydrogens (tertiary/aromatic N) is 1. The smallest absolute Gasteiger partial charge is 0.0704 e. The number of nitrogens with one attached hydrogen (secondary N) is 1. The Bertz CT molecular complexity index is 198. The third-order valence-corrected chi connectivity index (χ3v) is 3.57. The molecule has 2 unspecified atom stereocenters. The van der Waals surface area contributed by atoms with Crippen molar-refractivity contribution in [1.29, 1.82) is 0 Å². The lowest BCUT2D eigenvalue weighted by molar-refractivity contribution is 0.0553. The van der Waals surface area contributed by atoms with Crippen LogP contribution in [-0.4, -0.2) is 48.8 Å². The van der Waals surface area contributed by atoms with Gasteiger partial charge in [0.1, 0.15) is 0 Å². The molecule has 3 heteroatoms. The Labute approximate surface area is 107 Å². The van der Waals surface area contributed by atoms with Crippen molar-refractivity contribution < 1.29 is 4.74 Å². The van der Waals surface area contributed by atoms with Crippen LogP contribution in [0.1, 0.15) is 47.5 Å². The van der Waals surface area contributed by atoms with Crippen LogP contribution in [0.5, 0.6) is 0 Å². The molecule has 1 fully saturated rings. The zero-order chi connectivity index (χ0) is 12.8. The van der Waals surface area contributed by atoms with Crippen molar-refractivity contribution >= 4 is 0 Å². The summed E-state index contributed by atoms with van der Waals surface area (Å²) in [4.78, 5) is 2.52. The zero-order valence-corrected chi connectivity index (χ0v) is 12.2. The summed E-state index contributed by atoms with van der Waals surface area (Å²) in [6.07, 6.45) is 3.34. The fourth-order valence-electron chi connectivity index (χ4n) is 2.62. The van der Waals surface area contributed by atoms with E-state index in [0.717, 1.165) is 19.6 Å². The minimum atomic E-state index is 0.441. The third kappa shape index (κ3) is 5.36. The summed E-state index contributed by atoms with van der Waals surface area (Å²) in [5.41, 5.74) is 0. The van der Waals surface area contributed by atoms with Gasteiger partial charge in [-0.1, -0.05) is 0 Å². The van der Waals surface area contributed by atoms with Gasteiger partial charge in [-0.05, 0) is 47.5 Å². The monoisotopic (exact) mass is 242 g/mol. The summed E-state index contributed by atoms with van der Waals surface area (Å²) in [5.74, 6) is 0. The van der Waals surface area contributed by atoms with E-state index in [4.69, 9.17) is 4.74 Å². The lowest BCUT2D eigenvalue weighted by atomic mass is 10.2. The minimum absolute atomic E-state index is 0.441. The van der Waals surface area contributed by atoms with Crippen LogP contribution in [0.2, 0.25) is 0 Å². The molecule has 0 aromatic carbocycles. The molecule has 1 aliphatic heterocycles. The summed E-state index contributed by atoms with van der Waals surface area (Å²) in [6.45, 7) is 14.4. The van der Waals surface area contributed by atoms with E-state index in [2.05, 4.69) is 44.8 Å². The predicted octanol–water partition coefficient (Wildman–Crippen LogP) is 2.26. The summed E-state index contributed by atoms with van der Waals surface area (Å²) >= 11 is 0. The van der Waals surface area contributed by atoms with Gasteiger partial charge >= 0.3 is 0 Å². The van der Waals surface area contributed by atoms with Crippen LogP contribution in [0.3, 0.4) is 0 Å². The molecular formula is C14H30N2O. The predicted molar refractivity (Wildman–Crippen MR) is 73.4 cm³/mol. The van der Waals surface area contributed by atoms with Gasteiger partial charge in [-0.15, -0.1) is 0 Å². The summed E-state index contributed by atoms with van der Waals surface area (Å²) in [5, 5.41) is 3.52. The number of rotatable bonds is 7. The molecule has 0 saturated carbocycles. The molecule has 1 aliphatic rings. The first-order valence-corrected chi connectivity index (χ1v) is 7.12. The first-order chi connectivity index (χ1) is 8.00. The van der Waals surface area contributed by atoms with Gasteiger partial charge in [-0.3, -0.25) is 4.90 Å². The van der Waals surface area contributed by atoms with Crippen molar-refractivity contribution in [3.05, 3.63) is 0 Å². The highest BCUT2D eigenvalue weighted by atomic mass is 16.5. The Morgan fingerprint density at radius 1 is 1.18 bits per heavy atom. The Morgan fingerprint density at radius 2 is 1.82 bits per heavy atom. The molecule has 0 radical (unpaired) electrons. The van der Waals surface area contributed by atoms with Gasteiger partial charge in [-0.2, -0.15) is 0 Å². The van der Waals surface area contributed by atoms with Crippen LogP contribution < -0.4 is 5.32 Å². The van der Waals surface area contributed by atoms with Crippen molar-refractivity contribution in [1.82, 2.24) is 10.2 Å². The third-order valence-electron chi connectivity index (χ3n) is 3.57. The lowest BCUT2D eigenvalue weighted by Crippen LogP contribution is -2.42. The molecule has 0 spiro atoms. The highest BCUT2D eigenvalue weighted by Gasteiger charge is 2.21. The standard InChI is InChI=1S/C14H30N2O/c1-11(2)16(12(3)4)9-8-15-10-14-7-6-13(5)17-14/h11-15H,6-10H2,1-5H3. The SMILES string of the molecule is CC1CCC(CNCCN(C(C)C)C(C)C)O1. The second kappa shape index (κ2) is 7.34. The van der Waals surface area contributed by atoms with Crippen LogP contribution in [-0.2, 0) is 4.74 Å². The van der Waals surface area contributed by atoms with Crippen molar-refractivity contribution in [2.24, 2.45) is 0 Å². The van der Waals surface area contributed by atoms with E-state index < -0.39 is 0 Å². The van der Waals surface area contributed by atoms with Gasteiger partial charge in [-0.25, -0.2) is 0 Å². The molecule has 0 aliphatic carbocycles. The van der Waals surface area contributed by atoms with Gasteiger partial charge in [0.25, 0.3) is 0 Å². The summed E-state index contributed by atoms with van der Waals surface area (Å²) in [6, 6.07) is 1.25. The van der Waals surface area contributed by atoms with Crippen molar-refractivity contribution in [2.45, 2.75) is 71.8 Å². The molecule has 1 heterocycles. The molecular weight excluding hydrogens is 212 g/mol. The molecule has 3 nitrogen and oxygen atoms in total. The molecule has 2 atom stereocenters. The quantitative estimate of drug-likeness (QED) is 0.693. The van der Waals surface area contributed by atoms with Gasteiger partial charge in [0.15, 0.2) is 0 Å². The molecule has 0 bridgehead atoms. The van der Waals surface area contributed by atoms with Crippen LogP contribution in [0, 0.1) is 0 Å². The number of hydrogen-bond acceptors (Lipinski definition) is 3. The summed E-state index contributed by atoms with van der Waals surface area (Å²) in [7, 11) is 0. The molecule has 1 saturated heterocycles. The number of ether oxygens (including phenoxy) is 1. The zero-order valence-electron chi connectivity index (χ0n) is 12.2. The van der Waals surface area contributed by atoms with Crippen LogP contribution in [0.4, 0.5) is 0 Å². The Hall–Kier alpha value is -0.120. The average molecular weight is 242 g/mol. The van der Waals surface area contributed by atoms with Crippen molar-refractivity contribution in [3.63, 3.8) is 0 Å². The number of hydrogen-bond donors (Lipinski definition) is 1. The molecule has 0 aromatic rings. The second-order valence-corrected chi connectivity index (χ2v) is 5.78. The Morgan fingerprint density at radius 3 is 2.29 bits per heavy atom.